The van der Waals surface area contributed by atoms with Crippen molar-refractivity contribution in [2.75, 3.05) is 5.88 Å². The highest BCUT2D eigenvalue weighted by Gasteiger charge is 2.16. The van der Waals surface area contributed by atoms with Crippen molar-refractivity contribution in [1.82, 2.24) is 9.97 Å². The van der Waals surface area contributed by atoms with Gasteiger partial charge < -0.3 is 0 Å². The number of nitrogens with zero attached hydrogens (tertiary/aromatic N) is 2. The zero-order chi connectivity index (χ0) is 12.1. The van der Waals surface area contributed by atoms with Gasteiger partial charge in [-0.3, -0.25) is 0 Å². The SMILES string of the molecule is CC(CCCl)Sc1ncnc2c1CCCCC2. The topological polar surface area (TPSA) is 25.8 Å². The summed E-state index contributed by atoms with van der Waals surface area (Å²) in [5.41, 5.74) is 2.68. The number of thioether (sulfide) groups is 1. The number of rotatable bonds is 4. The van der Waals surface area contributed by atoms with E-state index in [4.69, 9.17) is 11.6 Å². The molecule has 1 heterocycles. The standard InChI is InChI=1S/C13H19ClN2S/c1-10(7-8-14)17-13-11-5-3-2-4-6-12(11)15-9-16-13/h9-10H,2-8H2,1H3. The molecule has 0 saturated carbocycles. The van der Waals surface area contributed by atoms with Gasteiger partial charge in [0.2, 0.25) is 0 Å². The fraction of sp³-hybridized carbons (Fsp3) is 0.692. The fourth-order valence-electron chi connectivity index (χ4n) is 2.17. The Kier molecular flexibility index (Phi) is 5.11. The summed E-state index contributed by atoms with van der Waals surface area (Å²) in [5, 5.41) is 1.73. The first-order valence-electron chi connectivity index (χ1n) is 6.36. The molecule has 1 aliphatic carbocycles. The van der Waals surface area contributed by atoms with Crippen LogP contribution < -0.4 is 0 Å². The Morgan fingerprint density at radius 1 is 1.29 bits per heavy atom. The molecule has 94 valence electrons. The lowest BCUT2D eigenvalue weighted by molar-refractivity contribution is 0.707. The molecule has 0 fully saturated rings. The van der Waals surface area contributed by atoms with Gasteiger partial charge in [-0.25, -0.2) is 9.97 Å². The van der Waals surface area contributed by atoms with E-state index in [0.29, 0.717) is 5.25 Å². The summed E-state index contributed by atoms with van der Waals surface area (Å²) < 4.78 is 0. The molecule has 1 aliphatic rings. The second-order valence-electron chi connectivity index (χ2n) is 4.57. The van der Waals surface area contributed by atoms with E-state index in [9.17, 15) is 0 Å². The first-order valence-corrected chi connectivity index (χ1v) is 7.78. The number of halogens is 1. The largest absolute Gasteiger partial charge is 0.241 e. The summed E-state index contributed by atoms with van der Waals surface area (Å²) >= 11 is 7.64. The summed E-state index contributed by atoms with van der Waals surface area (Å²) in [5.74, 6) is 0.724. The van der Waals surface area contributed by atoms with E-state index in [1.54, 1.807) is 6.33 Å². The average Bonchev–Trinajstić information content (AvgIpc) is 2.55. The van der Waals surface area contributed by atoms with E-state index in [0.717, 1.165) is 25.1 Å². The lowest BCUT2D eigenvalue weighted by atomic mass is 10.1. The van der Waals surface area contributed by atoms with Crippen molar-refractivity contribution in [3.63, 3.8) is 0 Å². The Labute approximate surface area is 113 Å². The normalized spacial score (nSPS) is 17.3. The van der Waals surface area contributed by atoms with Crippen molar-refractivity contribution >= 4 is 23.4 Å². The molecule has 0 aliphatic heterocycles. The summed E-state index contributed by atoms with van der Waals surface area (Å²) in [6.45, 7) is 2.22. The summed E-state index contributed by atoms with van der Waals surface area (Å²) in [6.07, 6.45) is 8.88. The molecule has 0 radical (unpaired) electrons. The summed E-state index contributed by atoms with van der Waals surface area (Å²) in [4.78, 5) is 8.91. The molecule has 0 saturated heterocycles. The molecule has 0 amide bonds. The van der Waals surface area contributed by atoms with E-state index < -0.39 is 0 Å². The van der Waals surface area contributed by atoms with Crippen LogP contribution in [-0.4, -0.2) is 21.1 Å². The molecule has 1 aromatic heterocycles. The summed E-state index contributed by atoms with van der Waals surface area (Å²) in [6, 6.07) is 0. The van der Waals surface area contributed by atoms with E-state index in [2.05, 4.69) is 16.9 Å². The molecule has 1 aromatic rings. The summed E-state index contributed by atoms with van der Waals surface area (Å²) in [7, 11) is 0. The number of hydrogen-bond acceptors (Lipinski definition) is 3. The lowest BCUT2D eigenvalue weighted by Crippen LogP contribution is -2.04. The van der Waals surface area contributed by atoms with E-state index in [1.165, 1.54) is 35.5 Å². The van der Waals surface area contributed by atoms with Crippen LogP contribution in [0.5, 0.6) is 0 Å². The first-order chi connectivity index (χ1) is 8.31. The maximum absolute atomic E-state index is 5.79. The van der Waals surface area contributed by atoms with Crippen LogP contribution in [0.2, 0.25) is 0 Å². The van der Waals surface area contributed by atoms with Gasteiger partial charge in [0, 0.05) is 22.4 Å². The molecule has 1 unspecified atom stereocenters. The van der Waals surface area contributed by atoms with Crippen LogP contribution in [0.15, 0.2) is 11.4 Å². The molecule has 0 aromatic carbocycles. The van der Waals surface area contributed by atoms with Crippen molar-refractivity contribution in [2.24, 2.45) is 0 Å². The second kappa shape index (κ2) is 6.60. The van der Waals surface area contributed by atoms with Crippen molar-refractivity contribution in [1.29, 1.82) is 0 Å². The number of aromatic nitrogens is 2. The molecule has 4 heteroatoms. The van der Waals surface area contributed by atoms with E-state index >= 15 is 0 Å². The second-order valence-corrected chi connectivity index (χ2v) is 6.38. The maximum atomic E-state index is 5.79. The quantitative estimate of drug-likeness (QED) is 0.360. The molecular weight excluding hydrogens is 252 g/mol. The number of aryl methyl sites for hydroxylation is 1. The molecule has 2 nitrogen and oxygen atoms in total. The fourth-order valence-corrected chi connectivity index (χ4v) is 3.72. The van der Waals surface area contributed by atoms with Gasteiger partial charge in [0.15, 0.2) is 0 Å². The highest BCUT2D eigenvalue weighted by atomic mass is 35.5. The van der Waals surface area contributed by atoms with E-state index in [-0.39, 0.29) is 0 Å². The first kappa shape index (κ1) is 13.2. The van der Waals surface area contributed by atoms with Crippen LogP contribution in [0.25, 0.3) is 0 Å². The zero-order valence-electron chi connectivity index (χ0n) is 10.3. The van der Waals surface area contributed by atoms with Gasteiger partial charge in [-0.15, -0.1) is 23.4 Å². The van der Waals surface area contributed by atoms with Crippen LogP contribution in [-0.2, 0) is 12.8 Å². The number of hydrogen-bond donors (Lipinski definition) is 0. The van der Waals surface area contributed by atoms with Crippen molar-refractivity contribution in [2.45, 2.75) is 55.7 Å². The Hall–Kier alpha value is -0.280. The van der Waals surface area contributed by atoms with Crippen LogP contribution in [0, 0.1) is 0 Å². The third kappa shape index (κ3) is 3.59. The van der Waals surface area contributed by atoms with Crippen LogP contribution >= 0.6 is 23.4 Å². The Morgan fingerprint density at radius 2 is 2.12 bits per heavy atom. The van der Waals surface area contributed by atoms with Crippen LogP contribution in [0.1, 0.15) is 43.9 Å². The molecule has 2 rings (SSSR count). The number of fused-ring (bicyclic) bond motifs is 1. The monoisotopic (exact) mass is 270 g/mol. The third-order valence-electron chi connectivity index (χ3n) is 3.16. The Bertz CT molecular complexity index is 370. The zero-order valence-corrected chi connectivity index (χ0v) is 11.9. The van der Waals surface area contributed by atoms with Gasteiger partial charge in [0.05, 0.1) is 0 Å². The lowest BCUT2D eigenvalue weighted by Gasteiger charge is -2.13. The van der Waals surface area contributed by atoms with Crippen molar-refractivity contribution in [3.8, 4) is 0 Å². The Balaban J connectivity index is 2.16. The number of alkyl halides is 1. The minimum atomic E-state index is 0.537. The maximum Gasteiger partial charge on any atom is 0.116 e. The van der Waals surface area contributed by atoms with Crippen molar-refractivity contribution in [3.05, 3.63) is 17.6 Å². The van der Waals surface area contributed by atoms with Gasteiger partial charge >= 0.3 is 0 Å². The molecule has 0 N–H and O–H groups in total. The highest BCUT2D eigenvalue weighted by molar-refractivity contribution is 7.99. The molecule has 0 bridgehead atoms. The Morgan fingerprint density at radius 3 is 2.94 bits per heavy atom. The van der Waals surface area contributed by atoms with E-state index in [1.807, 2.05) is 11.8 Å². The highest BCUT2D eigenvalue weighted by Crippen LogP contribution is 2.30. The van der Waals surface area contributed by atoms with Crippen molar-refractivity contribution < 1.29 is 0 Å². The molecule has 17 heavy (non-hydrogen) atoms. The smallest absolute Gasteiger partial charge is 0.116 e. The van der Waals surface area contributed by atoms with Crippen LogP contribution in [0.4, 0.5) is 0 Å². The van der Waals surface area contributed by atoms with Gasteiger partial charge in [-0.05, 0) is 32.1 Å². The predicted molar refractivity (Wildman–Crippen MR) is 73.9 cm³/mol. The van der Waals surface area contributed by atoms with Gasteiger partial charge in [0.25, 0.3) is 0 Å². The average molecular weight is 271 g/mol. The molecule has 0 spiro atoms. The predicted octanol–water partition coefficient (Wildman–Crippen LogP) is 3.86. The molecule has 1 atom stereocenters. The molecular formula is C13H19ClN2S. The minimum absolute atomic E-state index is 0.537. The van der Waals surface area contributed by atoms with Gasteiger partial charge in [-0.1, -0.05) is 13.3 Å². The van der Waals surface area contributed by atoms with Gasteiger partial charge in [-0.2, -0.15) is 0 Å². The minimum Gasteiger partial charge on any atom is -0.241 e. The van der Waals surface area contributed by atoms with Gasteiger partial charge in [0.1, 0.15) is 11.4 Å². The third-order valence-corrected chi connectivity index (χ3v) is 4.60. The van der Waals surface area contributed by atoms with Crippen LogP contribution in [0.3, 0.4) is 0 Å².